The average Bonchev–Trinajstić information content (AvgIpc) is 2.48. The number of amides is 1. The molecule has 0 aromatic heterocycles. The van der Waals surface area contributed by atoms with Gasteiger partial charge < -0.3 is 15.3 Å². The molecule has 0 aromatic rings. The summed E-state index contributed by atoms with van der Waals surface area (Å²) in [6.45, 7) is 5.57. The van der Waals surface area contributed by atoms with Crippen molar-refractivity contribution in [3.05, 3.63) is 12.7 Å². The van der Waals surface area contributed by atoms with E-state index in [4.69, 9.17) is 5.11 Å². The van der Waals surface area contributed by atoms with E-state index in [9.17, 15) is 4.79 Å². The van der Waals surface area contributed by atoms with Crippen LogP contribution in [0.25, 0.3) is 0 Å². The van der Waals surface area contributed by atoms with Gasteiger partial charge in [-0.2, -0.15) is 0 Å². The molecule has 1 rings (SSSR count). The van der Waals surface area contributed by atoms with E-state index < -0.39 is 6.09 Å². The van der Waals surface area contributed by atoms with Crippen molar-refractivity contribution < 1.29 is 9.90 Å². The summed E-state index contributed by atoms with van der Waals surface area (Å²) in [6.07, 6.45) is 1.86. The molecule has 2 N–H and O–H groups in total. The maximum atomic E-state index is 10.5. The fourth-order valence-corrected chi connectivity index (χ4v) is 1.35. The zero-order chi connectivity index (χ0) is 8.97. The Morgan fingerprint density at radius 2 is 2.58 bits per heavy atom. The van der Waals surface area contributed by atoms with Crippen LogP contribution in [0.2, 0.25) is 0 Å². The van der Waals surface area contributed by atoms with Gasteiger partial charge in [0.15, 0.2) is 0 Å². The van der Waals surface area contributed by atoms with E-state index in [0.717, 1.165) is 13.0 Å². The topological polar surface area (TPSA) is 52.6 Å². The van der Waals surface area contributed by atoms with Crippen molar-refractivity contribution >= 4 is 6.09 Å². The van der Waals surface area contributed by atoms with Crippen LogP contribution in [-0.4, -0.2) is 41.8 Å². The standard InChI is InChI=1S/C8H14N2O2/c1-2-4-9-7-3-5-10(6-7)8(11)12/h2,7,9H,1,3-6H2,(H,11,12). The van der Waals surface area contributed by atoms with Gasteiger partial charge in [-0.15, -0.1) is 6.58 Å². The Morgan fingerprint density at radius 1 is 1.83 bits per heavy atom. The van der Waals surface area contributed by atoms with E-state index in [1.165, 1.54) is 4.90 Å². The molecule has 1 atom stereocenters. The Kier molecular flexibility index (Phi) is 3.10. The molecule has 4 heteroatoms. The molecule has 68 valence electrons. The Morgan fingerprint density at radius 3 is 3.08 bits per heavy atom. The van der Waals surface area contributed by atoms with Gasteiger partial charge in [0.25, 0.3) is 0 Å². The summed E-state index contributed by atoms with van der Waals surface area (Å²) in [4.78, 5) is 11.9. The molecule has 0 bridgehead atoms. The summed E-state index contributed by atoms with van der Waals surface area (Å²) in [5, 5.41) is 11.8. The quantitative estimate of drug-likeness (QED) is 0.607. The number of likely N-dealkylation sites (tertiary alicyclic amines) is 1. The lowest BCUT2D eigenvalue weighted by molar-refractivity contribution is 0.154. The predicted octanol–water partition coefficient (Wildman–Crippen LogP) is 0.514. The number of rotatable bonds is 3. The highest BCUT2D eigenvalue weighted by molar-refractivity contribution is 5.65. The van der Waals surface area contributed by atoms with Gasteiger partial charge in [-0.1, -0.05) is 6.08 Å². The van der Waals surface area contributed by atoms with E-state index in [0.29, 0.717) is 19.1 Å². The van der Waals surface area contributed by atoms with Crippen LogP contribution in [-0.2, 0) is 0 Å². The summed E-state index contributed by atoms with van der Waals surface area (Å²) >= 11 is 0. The number of carbonyl (C=O) groups is 1. The molecule has 1 amide bonds. The molecule has 1 unspecified atom stereocenters. The van der Waals surface area contributed by atoms with Gasteiger partial charge in [-0.3, -0.25) is 0 Å². The molecule has 0 aliphatic carbocycles. The molecule has 1 aliphatic rings. The minimum atomic E-state index is -0.821. The van der Waals surface area contributed by atoms with Crippen LogP contribution in [0.5, 0.6) is 0 Å². The molecule has 12 heavy (non-hydrogen) atoms. The number of nitrogens with zero attached hydrogens (tertiary/aromatic N) is 1. The predicted molar refractivity (Wildman–Crippen MR) is 46.2 cm³/mol. The fourth-order valence-electron chi connectivity index (χ4n) is 1.35. The smallest absolute Gasteiger partial charge is 0.407 e. The van der Waals surface area contributed by atoms with Gasteiger partial charge in [0.05, 0.1) is 0 Å². The van der Waals surface area contributed by atoms with Crippen LogP contribution >= 0.6 is 0 Å². The number of hydrogen-bond donors (Lipinski definition) is 2. The van der Waals surface area contributed by atoms with Gasteiger partial charge in [0.2, 0.25) is 0 Å². The van der Waals surface area contributed by atoms with Crippen LogP contribution < -0.4 is 5.32 Å². The molecular formula is C8H14N2O2. The molecule has 1 fully saturated rings. The Hall–Kier alpha value is -1.03. The molecule has 1 saturated heterocycles. The monoisotopic (exact) mass is 170 g/mol. The van der Waals surface area contributed by atoms with Gasteiger partial charge >= 0.3 is 6.09 Å². The van der Waals surface area contributed by atoms with Crippen molar-refractivity contribution in [2.75, 3.05) is 19.6 Å². The van der Waals surface area contributed by atoms with Crippen molar-refractivity contribution in [1.82, 2.24) is 10.2 Å². The molecule has 0 spiro atoms. The van der Waals surface area contributed by atoms with E-state index >= 15 is 0 Å². The van der Waals surface area contributed by atoms with Crippen molar-refractivity contribution in [3.8, 4) is 0 Å². The first-order chi connectivity index (χ1) is 5.74. The Balaban J connectivity index is 2.25. The number of hydrogen-bond acceptors (Lipinski definition) is 2. The van der Waals surface area contributed by atoms with Crippen LogP contribution in [0.1, 0.15) is 6.42 Å². The molecule has 0 aromatic carbocycles. The zero-order valence-electron chi connectivity index (χ0n) is 6.99. The van der Waals surface area contributed by atoms with Crippen LogP contribution in [0, 0.1) is 0 Å². The van der Waals surface area contributed by atoms with E-state index in [1.54, 1.807) is 6.08 Å². The fraction of sp³-hybridized carbons (Fsp3) is 0.625. The second-order valence-corrected chi connectivity index (χ2v) is 2.91. The molecule has 0 saturated carbocycles. The summed E-state index contributed by atoms with van der Waals surface area (Å²) in [7, 11) is 0. The molecule has 1 heterocycles. The minimum absolute atomic E-state index is 0.305. The summed E-state index contributed by atoms with van der Waals surface area (Å²) in [5.74, 6) is 0. The lowest BCUT2D eigenvalue weighted by Crippen LogP contribution is -2.34. The largest absolute Gasteiger partial charge is 0.465 e. The highest BCUT2D eigenvalue weighted by Gasteiger charge is 2.24. The summed E-state index contributed by atoms with van der Waals surface area (Å²) < 4.78 is 0. The lowest BCUT2D eigenvalue weighted by Gasteiger charge is -2.12. The zero-order valence-corrected chi connectivity index (χ0v) is 6.99. The Bertz CT molecular complexity index is 182. The first-order valence-corrected chi connectivity index (χ1v) is 4.06. The maximum absolute atomic E-state index is 10.5. The SMILES string of the molecule is C=CCNC1CCN(C(=O)O)C1. The first kappa shape index (κ1) is 9.06. The Labute approximate surface area is 71.9 Å². The second kappa shape index (κ2) is 4.11. The first-order valence-electron chi connectivity index (χ1n) is 4.06. The van der Waals surface area contributed by atoms with Crippen molar-refractivity contribution in [2.24, 2.45) is 0 Å². The average molecular weight is 170 g/mol. The lowest BCUT2D eigenvalue weighted by atomic mass is 10.2. The van der Waals surface area contributed by atoms with Gasteiger partial charge in [-0.05, 0) is 6.42 Å². The third kappa shape index (κ3) is 2.23. The van der Waals surface area contributed by atoms with E-state index in [1.807, 2.05) is 0 Å². The van der Waals surface area contributed by atoms with E-state index in [2.05, 4.69) is 11.9 Å². The third-order valence-electron chi connectivity index (χ3n) is 2.01. The van der Waals surface area contributed by atoms with E-state index in [-0.39, 0.29) is 0 Å². The molecule has 4 nitrogen and oxygen atoms in total. The van der Waals surface area contributed by atoms with Crippen LogP contribution in [0.15, 0.2) is 12.7 Å². The molecule has 0 radical (unpaired) electrons. The number of carboxylic acid groups (broad SMARTS) is 1. The summed E-state index contributed by atoms with van der Waals surface area (Å²) in [5.41, 5.74) is 0. The van der Waals surface area contributed by atoms with Crippen molar-refractivity contribution in [2.45, 2.75) is 12.5 Å². The summed E-state index contributed by atoms with van der Waals surface area (Å²) in [6, 6.07) is 0.305. The van der Waals surface area contributed by atoms with Crippen LogP contribution in [0.4, 0.5) is 4.79 Å². The highest BCUT2D eigenvalue weighted by atomic mass is 16.4. The molecular weight excluding hydrogens is 156 g/mol. The van der Waals surface area contributed by atoms with Crippen LogP contribution in [0.3, 0.4) is 0 Å². The van der Waals surface area contributed by atoms with Gasteiger partial charge in [-0.25, -0.2) is 4.79 Å². The minimum Gasteiger partial charge on any atom is -0.465 e. The van der Waals surface area contributed by atoms with Crippen molar-refractivity contribution in [3.63, 3.8) is 0 Å². The number of nitrogens with one attached hydrogen (secondary N) is 1. The van der Waals surface area contributed by atoms with Crippen molar-refractivity contribution in [1.29, 1.82) is 0 Å². The highest BCUT2D eigenvalue weighted by Crippen LogP contribution is 2.08. The second-order valence-electron chi connectivity index (χ2n) is 2.91. The molecule has 1 aliphatic heterocycles. The maximum Gasteiger partial charge on any atom is 0.407 e. The third-order valence-corrected chi connectivity index (χ3v) is 2.01. The van der Waals surface area contributed by atoms with Gasteiger partial charge in [0.1, 0.15) is 0 Å². The normalized spacial score (nSPS) is 22.7. The van der Waals surface area contributed by atoms with Gasteiger partial charge in [0, 0.05) is 25.7 Å².